The van der Waals surface area contributed by atoms with Crippen molar-refractivity contribution in [2.24, 2.45) is 0 Å². The fourth-order valence-corrected chi connectivity index (χ4v) is 2.55. The Morgan fingerprint density at radius 1 is 0.905 bits per heavy atom. The van der Waals surface area contributed by atoms with Gasteiger partial charge >= 0.3 is 0 Å². The first-order valence-electron chi connectivity index (χ1n) is 6.25. The van der Waals surface area contributed by atoms with Gasteiger partial charge in [-0.3, -0.25) is 9.59 Å². The first kappa shape index (κ1) is 13.4. The molecule has 2 aromatic rings. The summed E-state index contributed by atoms with van der Waals surface area (Å²) in [6, 6.07) is 8.68. The normalized spacial score (nSPS) is 14.4. The van der Waals surface area contributed by atoms with Gasteiger partial charge in [0.1, 0.15) is 5.92 Å². The highest BCUT2D eigenvalue weighted by Crippen LogP contribution is 2.36. The lowest BCUT2D eigenvalue weighted by atomic mass is 9.93. The van der Waals surface area contributed by atoms with Gasteiger partial charge in [-0.2, -0.15) is 4.39 Å². The summed E-state index contributed by atoms with van der Waals surface area (Å²) in [5.41, 5.74) is 0.214. The van der Waals surface area contributed by atoms with Crippen LogP contribution in [0.15, 0.2) is 36.4 Å². The highest BCUT2D eigenvalue weighted by atomic mass is 19.2. The van der Waals surface area contributed by atoms with Crippen molar-refractivity contribution in [3.05, 3.63) is 64.7 Å². The van der Waals surface area contributed by atoms with E-state index in [1.54, 1.807) is 12.1 Å². The third-order valence-corrected chi connectivity index (χ3v) is 3.59. The number of carbonyl (C=O) groups excluding carboxylic acids is 2. The van der Waals surface area contributed by atoms with E-state index >= 15 is 0 Å². The molecule has 21 heavy (non-hydrogen) atoms. The number of benzene rings is 2. The Kier molecular flexibility index (Phi) is 3.05. The molecule has 0 N–H and O–H groups in total. The summed E-state index contributed by atoms with van der Waals surface area (Å²) in [4.78, 5) is 24.6. The van der Waals surface area contributed by atoms with Crippen molar-refractivity contribution in [1.29, 1.82) is 0 Å². The standard InChI is InChI=1S/C16H10F2O3/c1-21-11-7-6-10(13(17)14(11)18)12-15(19)8-4-2-3-5-9(8)16(12)20/h2-7,12H,1H3. The number of ether oxygens (including phenoxy) is 1. The molecule has 0 spiro atoms. The molecule has 0 saturated carbocycles. The average molecular weight is 288 g/mol. The van der Waals surface area contributed by atoms with E-state index in [2.05, 4.69) is 4.74 Å². The van der Waals surface area contributed by atoms with Crippen LogP contribution in [0.1, 0.15) is 32.2 Å². The molecule has 3 nitrogen and oxygen atoms in total. The smallest absolute Gasteiger partial charge is 0.200 e. The molecule has 0 amide bonds. The van der Waals surface area contributed by atoms with Crippen molar-refractivity contribution >= 4 is 11.6 Å². The third-order valence-electron chi connectivity index (χ3n) is 3.59. The quantitative estimate of drug-likeness (QED) is 0.797. The Morgan fingerprint density at radius 2 is 1.48 bits per heavy atom. The number of halogens is 2. The molecule has 0 atom stereocenters. The van der Waals surface area contributed by atoms with E-state index in [-0.39, 0.29) is 22.4 Å². The summed E-state index contributed by atoms with van der Waals surface area (Å²) >= 11 is 0. The molecule has 0 saturated heterocycles. The second kappa shape index (κ2) is 4.77. The summed E-state index contributed by atoms with van der Waals surface area (Å²) in [6.45, 7) is 0. The van der Waals surface area contributed by atoms with E-state index < -0.39 is 29.1 Å². The van der Waals surface area contributed by atoms with E-state index in [4.69, 9.17) is 0 Å². The summed E-state index contributed by atoms with van der Waals surface area (Å²) in [7, 11) is 1.21. The molecule has 0 heterocycles. The molecule has 3 rings (SSSR count). The average Bonchev–Trinajstić information content (AvgIpc) is 2.75. The lowest BCUT2D eigenvalue weighted by Crippen LogP contribution is -2.15. The number of rotatable bonds is 2. The maximum atomic E-state index is 14.1. The highest BCUT2D eigenvalue weighted by molar-refractivity contribution is 6.29. The fourth-order valence-electron chi connectivity index (χ4n) is 2.55. The summed E-state index contributed by atoms with van der Waals surface area (Å²) in [5, 5.41) is 0. The number of carbonyl (C=O) groups is 2. The van der Waals surface area contributed by atoms with Crippen LogP contribution in [0.25, 0.3) is 0 Å². The molecule has 1 aliphatic rings. The van der Waals surface area contributed by atoms with Crippen LogP contribution in [0.3, 0.4) is 0 Å². The molecule has 106 valence electrons. The number of fused-ring (bicyclic) bond motifs is 1. The first-order valence-corrected chi connectivity index (χ1v) is 6.25. The van der Waals surface area contributed by atoms with Gasteiger partial charge in [0, 0.05) is 16.7 Å². The Hall–Kier alpha value is -2.56. The minimum Gasteiger partial charge on any atom is -0.494 e. The van der Waals surface area contributed by atoms with Gasteiger partial charge in [0.05, 0.1) is 7.11 Å². The van der Waals surface area contributed by atoms with Crippen LogP contribution in [-0.4, -0.2) is 18.7 Å². The van der Waals surface area contributed by atoms with E-state index in [1.807, 2.05) is 0 Å². The monoisotopic (exact) mass is 288 g/mol. The van der Waals surface area contributed by atoms with Gasteiger partial charge in [-0.05, 0) is 6.07 Å². The van der Waals surface area contributed by atoms with E-state index in [0.29, 0.717) is 0 Å². The molecule has 0 unspecified atom stereocenters. The predicted octanol–water partition coefficient (Wildman–Crippen LogP) is 3.14. The van der Waals surface area contributed by atoms with Gasteiger partial charge in [-0.15, -0.1) is 0 Å². The lowest BCUT2D eigenvalue weighted by Gasteiger charge is -2.11. The van der Waals surface area contributed by atoms with Crippen LogP contribution in [-0.2, 0) is 0 Å². The molecular weight excluding hydrogens is 278 g/mol. The zero-order chi connectivity index (χ0) is 15.1. The Balaban J connectivity index is 2.14. The van der Waals surface area contributed by atoms with Crippen molar-refractivity contribution in [2.45, 2.75) is 5.92 Å². The van der Waals surface area contributed by atoms with Gasteiger partial charge in [-0.1, -0.05) is 30.3 Å². The van der Waals surface area contributed by atoms with Gasteiger partial charge in [0.15, 0.2) is 23.1 Å². The Bertz CT molecular complexity index is 733. The van der Waals surface area contributed by atoms with Crippen molar-refractivity contribution in [3.63, 3.8) is 0 Å². The van der Waals surface area contributed by atoms with Crippen LogP contribution in [0.5, 0.6) is 5.75 Å². The number of ketones is 2. The van der Waals surface area contributed by atoms with Gasteiger partial charge in [0.25, 0.3) is 0 Å². The van der Waals surface area contributed by atoms with E-state index in [0.717, 1.165) is 0 Å². The minimum atomic E-state index is -1.33. The van der Waals surface area contributed by atoms with Crippen LogP contribution < -0.4 is 4.74 Å². The van der Waals surface area contributed by atoms with Crippen molar-refractivity contribution in [2.75, 3.05) is 7.11 Å². The van der Waals surface area contributed by atoms with Crippen molar-refractivity contribution in [1.82, 2.24) is 0 Å². The summed E-state index contributed by atoms with van der Waals surface area (Å²) < 4.78 is 32.6. The molecule has 0 bridgehead atoms. The number of Topliss-reactive ketones (excluding diaryl/α,β-unsaturated/α-hetero) is 2. The van der Waals surface area contributed by atoms with Crippen LogP contribution in [0, 0.1) is 11.6 Å². The molecular formula is C16H10F2O3. The molecule has 0 aromatic heterocycles. The van der Waals surface area contributed by atoms with Crippen LogP contribution in [0.2, 0.25) is 0 Å². The number of hydrogen-bond donors (Lipinski definition) is 0. The Morgan fingerprint density at radius 3 is 2.00 bits per heavy atom. The Labute approximate surface area is 119 Å². The molecule has 2 aromatic carbocycles. The zero-order valence-electron chi connectivity index (χ0n) is 11.0. The molecule has 0 fully saturated rings. The predicted molar refractivity (Wildman–Crippen MR) is 70.8 cm³/mol. The van der Waals surface area contributed by atoms with Gasteiger partial charge < -0.3 is 4.74 Å². The maximum Gasteiger partial charge on any atom is 0.200 e. The van der Waals surface area contributed by atoms with E-state index in [1.165, 1.54) is 31.4 Å². The second-order valence-electron chi connectivity index (χ2n) is 4.69. The lowest BCUT2D eigenvalue weighted by molar-refractivity contribution is 0.0887. The summed E-state index contributed by atoms with van der Waals surface area (Å²) in [6.07, 6.45) is 0. The second-order valence-corrected chi connectivity index (χ2v) is 4.69. The van der Waals surface area contributed by atoms with Crippen LogP contribution in [0.4, 0.5) is 8.78 Å². The van der Waals surface area contributed by atoms with Crippen molar-refractivity contribution in [3.8, 4) is 5.75 Å². The number of methoxy groups -OCH3 is 1. The van der Waals surface area contributed by atoms with Gasteiger partial charge in [-0.25, -0.2) is 4.39 Å². The van der Waals surface area contributed by atoms with Crippen LogP contribution >= 0.6 is 0 Å². The molecule has 1 aliphatic carbocycles. The first-order chi connectivity index (χ1) is 10.1. The van der Waals surface area contributed by atoms with Crippen molar-refractivity contribution < 1.29 is 23.1 Å². The largest absolute Gasteiger partial charge is 0.494 e. The van der Waals surface area contributed by atoms with Gasteiger partial charge in [0.2, 0.25) is 5.82 Å². The third kappa shape index (κ3) is 1.85. The van der Waals surface area contributed by atoms with E-state index in [9.17, 15) is 18.4 Å². The molecule has 0 aliphatic heterocycles. The molecule has 5 heteroatoms. The maximum absolute atomic E-state index is 14.1. The topological polar surface area (TPSA) is 43.4 Å². The SMILES string of the molecule is COc1ccc(C2C(=O)c3ccccc3C2=O)c(F)c1F. The highest BCUT2D eigenvalue weighted by Gasteiger charge is 2.41. The fraction of sp³-hybridized carbons (Fsp3) is 0.125. The number of hydrogen-bond acceptors (Lipinski definition) is 3. The molecule has 0 radical (unpaired) electrons. The zero-order valence-corrected chi connectivity index (χ0v) is 11.0. The minimum absolute atomic E-state index is 0.239. The summed E-state index contributed by atoms with van der Waals surface area (Å²) in [5.74, 6) is -5.06.